The van der Waals surface area contributed by atoms with Gasteiger partial charge in [-0.2, -0.15) is 0 Å². The van der Waals surface area contributed by atoms with E-state index in [0.29, 0.717) is 0 Å². The van der Waals surface area contributed by atoms with Crippen LogP contribution in [0.2, 0.25) is 0 Å². The quantitative estimate of drug-likeness (QED) is 0.920. The van der Waals surface area contributed by atoms with Gasteiger partial charge in [0, 0.05) is 5.69 Å². The maximum atomic E-state index is 12.6. The largest absolute Gasteiger partial charge is 0.497 e. The molecule has 1 aliphatic carbocycles. The van der Waals surface area contributed by atoms with Crippen LogP contribution in [0, 0.1) is 0 Å². The molecule has 22 heavy (non-hydrogen) atoms. The molecule has 0 aromatic heterocycles. The predicted octanol–water partition coefficient (Wildman–Crippen LogP) is 3.37. The van der Waals surface area contributed by atoms with Crippen LogP contribution in [0.3, 0.4) is 0 Å². The van der Waals surface area contributed by atoms with Crippen LogP contribution in [0.5, 0.6) is 11.5 Å². The van der Waals surface area contributed by atoms with Crippen LogP contribution in [0.25, 0.3) is 0 Å². The van der Waals surface area contributed by atoms with Crippen LogP contribution in [-0.2, 0) is 10.2 Å². The summed E-state index contributed by atoms with van der Waals surface area (Å²) in [6.45, 7) is 0. The fraction of sp³-hybridized carbons (Fsp3) is 0.278. The molecule has 1 N–H and O–H groups in total. The Balaban J connectivity index is 1.75. The van der Waals surface area contributed by atoms with E-state index in [4.69, 9.17) is 9.47 Å². The van der Waals surface area contributed by atoms with Gasteiger partial charge in [-0.25, -0.2) is 0 Å². The lowest BCUT2D eigenvalue weighted by Crippen LogP contribution is -2.27. The molecule has 0 saturated heterocycles. The van der Waals surface area contributed by atoms with Gasteiger partial charge < -0.3 is 14.8 Å². The first-order valence-corrected chi connectivity index (χ1v) is 7.28. The van der Waals surface area contributed by atoms with Crippen molar-refractivity contribution in [3.63, 3.8) is 0 Å². The van der Waals surface area contributed by atoms with Gasteiger partial charge in [0.2, 0.25) is 5.91 Å². The molecule has 1 saturated carbocycles. The predicted molar refractivity (Wildman–Crippen MR) is 85.5 cm³/mol. The number of amides is 1. The zero-order valence-electron chi connectivity index (χ0n) is 12.8. The van der Waals surface area contributed by atoms with Gasteiger partial charge in [0.25, 0.3) is 0 Å². The molecule has 1 aliphatic rings. The summed E-state index contributed by atoms with van der Waals surface area (Å²) in [5, 5.41) is 3.00. The molecule has 0 heterocycles. The summed E-state index contributed by atoms with van der Waals surface area (Å²) >= 11 is 0. The number of benzene rings is 2. The molecule has 0 radical (unpaired) electrons. The van der Waals surface area contributed by atoms with Crippen molar-refractivity contribution < 1.29 is 14.3 Å². The average Bonchev–Trinajstić information content (AvgIpc) is 3.37. The minimum absolute atomic E-state index is 0.0443. The Bertz CT molecular complexity index is 658. The molecule has 1 fully saturated rings. The Labute approximate surface area is 130 Å². The van der Waals surface area contributed by atoms with Crippen LogP contribution in [0.15, 0.2) is 48.5 Å². The molecule has 2 aromatic rings. The van der Waals surface area contributed by atoms with E-state index in [2.05, 4.69) is 5.32 Å². The van der Waals surface area contributed by atoms with Crippen molar-refractivity contribution >= 4 is 11.6 Å². The molecule has 114 valence electrons. The molecular formula is C18H19NO3. The highest BCUT2D eigenvalue weighted by Gasteiger charge is 2.51. The van der Waals surface area contributed by atoms with Crippen molar-refractivity contribution in [2.75, 3.05) is 19.5 Å². The Morgan fingerprint density at radius 2 is 1.41 bits per heavy atom. The number of hydrogen-bond acceptors (Lipinski definition) is 3. The van der Waals surface area contributed by atoms with Crippen LogP contribution >= 0.6 is 0 Å². The summed E-state index contributed by atoms with van der Waals surface area (Å²) in [7, 11) is 3.26. The van der Waals surface area contributed by atoms with E-state index >= 15 is 0 Å². The first kappa shape index (κ1) is 14.4. The molecule has 0 atom stereocenters. The van der Waals surface area contributed by atoms with Crippen molar-refractivity contribution in [1.29, 1.82) is 0 Å². The summed E-state index contributed by atoms with van der Waals surface area (Å²) in [5.41, 5.74) is 1.43. The van der Waals surface area contributed by atoms with E-state index < -0.39 is 5.41 Å². The molecule has 0 bridgehead atoms. The number of nitrogens with one attached hydrogen (secondary N) is 1. The van der Waals surface area contributed by atoms with Gasteiger partial charge in [-0.15, -0.1) is 0 Å². The van der Waals surface area contributed by atoms with E-state index in [-0.39, 0.29) is 5.91 Å². The number of methoxy groups -OCH3 is 2. The molecule has 0 aliphatic heterocycles. The molecule has 4 nitrogen and oxygen atoms in total. The van der Waals surface area contributed by atoms with E-state index in [9.17, 15) is 4.79 Å². The number of rotatable bonds is 5. The average molecular weight is 297 g/mol. The van der Waals surface area contributed by atoms with Gasteiger partial charge in [0.1, 0.15) is 11.5 Å². The fourth-order valence-electron chi connectivity index (χ4n) is 2.61. The van der Waals surface area contributed by atoms with Crippen molar-refractivity contribution in [2.24, 2.45) is 0 Å². The molecule has 2 aromatic carbocycles. The summed E-state index contributed by atoms with van der Waals surface area (Å²) in [4.78, 5) is 12.6. The fourth-order valence-corrected chi connectivity index (χ4v) is 2.61. The van der Waals surface area contributed by atoms with Gasteiger partial charge in [0.15, 0.2) is 0 Å². The highest BCUT2D eigenvalue weighted by Crippen LogP contribution is 2.49. The van der Waals surface area contributed by atoms with Gasteiger partial charge in [-0.1, -0.05) is 12.1 Å². The normalized spacial score (nSPS) is 15.0. The van der Waals surface area contributed by atoms with E-state index in [0.717, 1.165) is 35.6 Å². The maximum Gasteiger partial charge on any atom is 0.235 e. The SMILES string of the molecule is COc1ccc(NC(=O)C2(c3ccc(OC)cc3)CC2)cc1. The summed E-state index contributed by atoms with van der Waals surface area (Å²) in [6.07, 6.45) is 1.75. The second-order valence-electron chi connectivity index (χ2n) is 5.49. The number of ether oxygens (including phenoxy) is 2. The van der Waals surface area contributed by atoms with Gasteiger partial charge in [-0.3, -0.25) is 4.79 Å². The molecule has 3 rings (SSSR count). The van der Waals surface area contributed by atoms with Crippen molar-refractivity contribution in [3.05, 3.63) is 54.1 Å². The van der Waals surface area contributed by atoms with E-state index in [1.165, 1.54) is 0 Å². The van der Waals surface area contributed by atoms with E-state index in [1.54, 1.807) is 14.2 Å². The summed E-state index contributed by atoms with van der Waals surface area (Å²) < 4.78 is 10.3. The Morgan fingerprint density at radius 3 is 1.86 bits per heavy atom. The van der Waals surface area contributed by atoms with Crippen molar-refractivity contribution in [2.45, 2.75) is 18.3 Å². The Hall–Kier alpha value is -2.49. The number of anilines is 1. The molecule has 1 amide bonds. The minimum atomic E-state index is -0.397. The summed E-state index contributed by atoms with van der Waals surface area (Å²) in [6, 6.07) is 15.1. The standard InChI is InChI=1S/C18H19NO3/c1-21-15-7-3-13(4-8-15)18(11-12-18)17(20)19-14-5-9-16(22-2)10-6-14/h3-10H,11-12H2,1-2H3,(H,19,20). The third-order valence-corrected chi connectivity index (χ3v) is 4.18. The number of carbonyl (C=O) groups is 1. The minimum Gasteiger partial charge on any atom is -0.497 e. The van der Waals surface area contributed by atoms with Crippen LogP contribution in [0.4, 0.5) is 5.69 Å². The smallest absolute Gasteiger partial charge is 0.235 e. The monoisotopic (exact) mass is 297 g/mol. The zero-order valence-corrected chi connectivity index (χ0v) is 12.8. The second-order valence-corrected chi connectivity index (χ2v) is 5.49. The highest BCUT2D eigenvalue weighted by atomic mass is 16.5. The molecular weight excluding hydrogens is 278 g/mol. The Kier molecular flexibility index (Phi) is 3.75. The van der Waals surface area contributed by atoms with Crippen molar-refractivity contribution in [3.8, 4) is 11.5 Å². The summed E-state index contributed by atoms with van der Waals surface area (Å²) in [5.74, 6) is 1.62. The molecule has 0 spiro atoms. The first-order chi connectivity index (χ1) is 10.7. The van der Waals surface area contributed by atoms with Crippen molar-refractivity contribution in [1.82, 2.24) is 0 Å². The van der Waals surface area contributed by atoms with Gasteiger partial charge >= 0.3 is 0 Å². The van der Waals surface area contributed by atoms with Crippen LogP contribution in [-0.4, -0.2) is 20.1 Å². The van der Waals surface area contributed by atoms with E-state index in [1.807, 2.05) is 48.5 Å². The maximum absolute atomic E-state index is 12.6. The molecule has 4 heteroatoms. The lowest BCUT2D eigenvalue weighted by molar-refractivity contribution is -0.118. The Morgan fingerprint density at radius 1 is 0.909 bits per heavy atom. The molecule has 0 unspecified atom stereocenters. The first-order valence-electron chi connectivity index (χ1n) is 7.28. The highest BCUT2D eigenvalue weighted by molar-refractivity contribution is 6.01. The topological polar surface area (TPSA) is 47.6 Å². The lowest BCUT2D eigenvalue weighted by Gasteiger charge is -2.16. The second kappa shape index (κ2) is 5.72. The zero-order chi connectivity index (χ0) is 15.6. The third kappa shape index (κ3) is 2.64. The van der Waals surface area contributed by atoms with Gasteiger partial charge in [-0.05, 0) is 54.8 Å². The van der Waals surface area contributed by atoms with Gasteiger partial charge in [0.05, 0.1) is 19.6 Å². The number of hydrogen-bond donors (Lipinski definition) is 1. The van der Waals surface area contributed by atoms with Crippen LogP contribution < -0.4 is 14.8 Å². The van der Waals surface area contributed by atoms with Crippen LogP contribution in [0.1, 0.15) is 18.4 Å². The number of carbonyl (C=O) groups excluding carboxylic acids is 1. The third-order valence-electron chi connectivity index (χ3n) is 4.18. The lowest BCUT2D eigenvalue weighted by atomic mass is 9.95.